The zero-order chi connectivity index (χ0) is 17.9. The van der Waals surface area contributed by atoms with Crippen LogP contribution in [0.2, 0.25) is 0 Å². The smallest absolute Gasteiger partial charge is 0.123 e. The highest BCUT2D eigenvalue weighted by molar-refractivity contribution is 7.10. The molecule has 0 aliphatic carbocycles. The van der Waals surface area contributed by atoms with Crippen molar-refractivity contribution in [1.82, 2.24) is 4.90 Å². The topological polar surface area (TPSA) is 32.7 Å². The minimum absolute atomic E-state index is 0.190. The van der Waals surface area contributed by atoms with Gasteiger partial charge in [-0.05, 0) is 59.1 Å². The molecule has 26 heavy (non-hydrogen) atoms. The average Bonchev–Trinajstić information content (AvgIpc) is 3.33. The first-order valence-corrected chi connectivity index (χ1v) is 10.4. The SMILES string of the molecule is O[C@@H](COc1ccc(F)cc1)CN1CCc2sccc2[C@@H]1c1cccs1. The number of benzene rings is 1. The Hall–Kier alpha value is -1.73. The van der Waals surface area contributed by atoms with E-state index in [0.29, 0.717) is 12.3 Å². The van der Waals surface area contributed by atoms with Crippen molar-refractivity contribution < 1.29 is 14.2 Å². The van der Waals surface area contributed by atoms with Gasteiger partial charge in [-0.15, -0.1) is 22.7 Å². The van der Waals surface area contributed by atoms with E-state index < -0.39 is 6.10 Å². The summed E-state index contributed by atoms with van der Waals surface area (Å²) >= 11 is 3.57. The third kappa shape index (κ3) is 3.83. The van der Waals surface area contributed by atoms with E-state index in [4.69, 9.17) is 4.74 Å². The molecule has 0 saturated heterocycles. The molecule has 3 heterocycles. The van der Waals surface area contributed by atoms with E-state index in [9.17, 15) is 9.50 Å². The first kappa shape index (κ1) is 17.7. The number of thiophene rings is 2. The van der Waals surface area contributed by atoms with Gasteiger partial charge in [-0.2, -0.15) is 0 Å². The van der Waals surface area contributed by atoms with Crippen molar-refractivity contribution in [3.05, 3.63) is 74.4 Å². The second kappa shape index (κ2) is 7.88. The van der Waals surface area contributed by atoms with E-state index in [1.807, 2.05) is 11.3 Å². The number of β-amino-alcohol motifs (C(OH)–C–C–N with tert-alkyl or cyclic N) is 1. The molecule has 0 amide bonds. The monoisotopic (exact) mass is 389 g/mol. The van der Waals surface area contributed by atoms with Crippen LogP contribution in [-0.4, -0.2) is 35.8 Å². The van der Waals surface area contributed by atoms with Gasteiger partial charge >= 0.3 is 0 Å². The lowest BCUT2D eigenvalue weighted by atomic mass is 9.98. The molecule has 0 saturated carbocycles. The predicted octanol–water partition coefficient (Wildman–Crippen LogP) is 4.34. The molecule has 136 valence electrons. The summed E-state index contributed by atoms with van der Waals surface area (Å²) in [5.74, 6) is 0.274. The summed E-state index contributed by atoms with van der Waals surface area (Å²) in [6.45, 7) is 1.65. The number of rotatable bonds is 6. The summed E-state index contributed by atoms with van der Waals surface area (Å²) in [6.07, 6.45) is 0.406. The van der Waals surface area contributed by atoms with E-state index in [0.717, 1.165) is 13.0 Å². The number of ether oxygens (including phenoxy) is 1. The van der Waals surface area contributed by atoms with Crippen molar-refractivity contribution in [2.45, 2.75) is 18.6 Å². The number of hydrogen-bond donors (Lipinski definition) is 1. The van der Waals surface area contributed by atoms with Crippen molar-refractivity contribution in [2.24, 2.45) is 0 Å². The Morgan fingerprint density at radius 3 is 2.77 bits per heavy atom. The number of fused-ring (bicyclic) bond motifs is 1. The number of nitrogens with zero attached hydrogens (tertiary/aromatic N) is 1. The van der Waals surface area contributed by atoms with Crippen LogP contribution in [0.25, 0.3) is 0 Å². The van der Waals surface area contributed by atoms with Crippen LogP contribution in [0, 0.1) is 5.82 Å². The highest BCUT2D eigenvalue weighted by Gasteiger charge is 2.31. The molecule has 1 aliphatic heterocycles. The molecule has 4 rings (SSSR count). The fourth-order valence-corrected chi connectivity index (χ4v) is 5.17. The van der Waals surface area contributed by atoms with E-state index in [-0.39, 0.29) is 18.5 Å². The molecular formula is C20H20FNO2S2. The molecule has 6 heteroatoms. The van der Waals surface area contributed by atoms with Crippen LogP contribution >= 0.6 is 22.7 Å². The standard InChI is InChI=1S/C20H20FNO2S2/c21-14-3-5-16(6-4-14)24-13-15(23)12-22-9-7-18-17(8-11-26-18)20(22)19-2-1-10-25-19/h1-6,8,10-11,15,20,23H,7,9,12-13H2/t15-,20-/m1/s1. The molecule has 1 aromatic carbocycles. The van der Waals surface area contributed by atoms with Crippen LogP contribution in [0.5, 0.6) is 5.75 Å². The molecule has 2 aromatic heterocycles. The largest absolute Gasteiger partial charge is 0.491 e. The van der Waals surface area contributed by atoms with Gasteiger partial charge in [0, 0.05) is 22.8 Å². The Labute approximate surface area is 160 Å². The summed E-state index contributed by atoms with van der Waals surface area (Å²) in [4.78, 5) is 5.08. The van der Waals surface area contributed by atoms with Gasteiger partial charge in [0.25, 0.3) is 0 Å². The second-order valence-electron chi connectivity index (χ2n) is 6.38. The van der Waals surface area contributed by atoms with Gasteiger partial charge in [0.1, 0.15) is 24.3 Å². The first-order valence-electron chi connectivity index (χ1n) is 8.61. The predicted molar refractivity (Wildman–Crippen MR) is 104 cm³/mol. The first-order chi connectivity index (χ1) is 12.7. The molecule has 3 nitrogen and oxygen atoms in total. The van der Waals surface area contributed by atoms with Gasteiger partial charge in [0.15, 0.2) is 0 Å². The highest BCUT2D eigenvalue weighted by atomic mass is 32.1. The van der Waals surface area contributed by atoms with Gasteiger partial charge in [-0.3, -0.25) is 4.90 Å². The number of halogens is 1. The maximum atomic E-state index is 13.0. The van der Waals surface area contributed by atoms with Crippen LogP contribution in [0.1, 0.15) is 21.4 Å². The Kier molecular flexibility index (Phi) is 5.36. The van der Waals surface area contributed by atoms with Crippen molar-refractivity contribution in [2.75, 3.05) is 19.7 Å². The molecule has 0 fully saturated rings. The maximum absolute atomic E-state index is 13.0. The van der Waals surface area contributed by atoms with Crippen molar-refractivity contribution in [3.63, 3.8) is 0 Å². The fraction of sp³-hybridized carbons (Fsp3) is 0.300. The zero-order valence-corrected chi connectivity index (χ0v) is 15.8. The van der Waals surface area contributed by atoms with Gasteiger partial charge < -0.3 is 9.84 Å². The highest BCUT2D eigenvalue weighted by Crippen LogP contribution is 2.39. The Morgan fingerprint density at radius 1 is 1.15 bits per heavy atom. The fourth-order valence-electron chi connectivity index (χ4n) is 3.39. The lowest BCUT2D eigenvalue weighted by molar-refractivity contribution is 0.0562. The van der Waals surface area contributed by atoms with Crippen LogP contribution in [-0.2, 0) is 6.42 Å². The Bertz CT molecular complexity index is 832. The summed E-state index contributed by atoms with van der Waals surface area (Å²) in [6, 6.07) is 12.5. The zero-order valence-electron chi connectivity index (χ0n) is 14.2. The molecule has 0 unspecified atom stereocenters. The number of hydrogen-bond acceptors (Lipinski definition) is 5. The summed E-state index contributed by atoms with van der Waals surface area (Å²) in [5, 5.41) is 14.8. The second-order valence-corrected chi connectivity index (χ2v) is 8.36. The van der Waals surface area contributed by atoms with Crippen molar-refractivity contribution >= 4 is 22.7 Å². The minimum Gasteiger partial charge on any atom is -0.491 e. The molecule has 2 atom stereocenters. The number of aliphatic hydroxyl groups excluding tert-OH is 1. The van der Waals surface area contributed by atoms with E-state index >= 15 is 0 Å². The van der Waals surface area contributed by atoms with Gasteiger partial charge in [0.2, 0.25) is 0 Å². The van der Waals surface area contributed by atoms with Crippen molar-refractivity contribution in [1.29, 1.82) is 0 Å². The third-order valence-electron chi connectivity index (χ3n) is 4.58. The van der Waals surface area contributed by atoms with Crippen LogP contribution < -0.4 is 4.74 Å². The minimum atomic E-state index is -0.609. The Morgan fingerprint density at radius 2 is 2.00 bits per heavy atom. The van der Waals surface area contributed by atoms with Gasteiger partial charge in [-0.1, -0.05) is 6.07 Å². The van der Waals surface area contributed by atoms with E-state index in [2.05, 4.69) is 33.9 Å². The third-order valence-corrected chi connectivity index (χ3v) is 6.50. The molecule has 0 radical (unpaired) electrons. The molecule has 1 aliphatic rings. The van der Waals surface area contributed by atoms with Crippen LogP contribution in [0.15, 0.2) is 53.2 Å². The maximum Gasteiger partial charge on any atom is 0.123 e. The Balaban J connectivity index is 1.43. The van der Waals surface area contributed by atoms with Gasteiger partial charge in [0.05, 0.1) is 6.04 Å². The summed E-state index contributed by atoms with van der Waals surface area (Å²) in [5.41, 5.74) is 1.36. The summed E-state index contributed by atoms with van der Waals surface area (Å²) < 4.78 is 18.6. The molecule has 0 bridgehead atoms. The molecule has 0 spiro atoms. The average molecular weight is 390 g/mol. The van der Waals surface area contributed by atoms with Crippen molar-refractivity contribution in [3.8, 4) is 5.75 Å². The molecule has 3 aromatic rings. The van der Waals surface area contributed by atoms with Crippen LogP contribution in [0.4, 0.5) is 4.39 Å². The normalized spacial score (nSPS) is 18.5. The lowest BCUT2D eigenvalue weighted by Crippen LogP contribution is -2.41. The van der Waals surface area contributed by atoms with E-state index in [1.54, 1.807) is 23.5 Å². The molecule has 1 N–H and O–H groups in total. The molecular weight excluding hydrogens is 369 g/mol. The van der Waals surface area contributed by atoms with Gasteiger partial charge in [-0.25, -0.2) is 4.39 Å². The summed E-state index contributed by atoms with van der Waals surface area (Å²) in [7, 11) is 0. The van der Waals surface area contributed by atoms with E-state index in [1.165, 1.54) is 27.5 Å². The quantitative estimate of drug-likeness (QED) is 0.681. The lowest BCUT2D eigenvalue weighted by Gasteiger charge is -2.36. The number of aliphatic hydroxyl groups is 1. The van der Waals surface area contributed by atoms with Crippen LogP contribution in [0.3, 0.4) is 0 Å².